The summed E-state index contributed by atoms with van der Waals surface area (Å²) in [5.41, 5.74) is 0.968. The van der Waals surface area contributed by atoms with Crippen LogP contribution in [0.1, 0.15) is 55.5 Å². The predicted octanol–water partition coefficient (Wildman–Crippen LogP) is 4.30. The van der Waals surface area contributed by atoms with Gasteiger partial charge >= 0.3 is 0 Å². The van der Waals surface area contributed by atoms with E-state index in [9.17, 15) is 30.0 Å². The second-order valence-corrected chi connectivity index (χ2v) is 8.86. The van der Waals surface area contributed by atoms with Gasteiger partial charge in [0.15, 0.2) is 11.6 Å². The number of hydrogen-bond donors (Lipinski definition) is 4. The lowest BCUT2D eigenvalue weighted by molar-refractivity contribution is -0.123. The van der Waals surface area contributed by atoms with Gasteiger partial charge in [0.2, 0.25) is 0 Å². The number of aliphatic hydroxyl groups is 3. The average Bonchev–Trinajstić information content (AvgIpc) is 2.81. The predicted molar refractivity (Wildman–Crippen MR) is 123 cm³/mol. The molecule has 5 rings (SSSR count). The normalized spacial score (nSPS) is 28.7. The lowest BCUT2D eigenvalue weighted by atomic mass is 9.63. The number of aliphatic hydroxyl groups excluding tert-OH is 3. The number of fused-ring (bicyclic) bond motifs is 3. The van der Waals surface area contributed by atoms with Gasteiger partial charge in [-0.05, 0) is 56.3 Å². The molecule has 0 aromatic heterocycles. The third-order valence-corrected chi connectivity index (χ3v) is 7.23. The van der Waals surface area contributed by atoms with Crippen molar-refractivity contribution in [1.29, 1.82) is 0 Å². The molecular formula is C26H31NO6. The molecule has 1 aromatic carbocycles. The summed E-state index contributed by atoms with van der Waals surface area (Å²) in [7, 11) is 0. The van der Waals surface area contributed by atoms with Crippen LogP contribution in [0, 0.1) is 11.8 Å². The molecule has 4 N–H and O–H groups in total. The van der Waals surface area contributed by atoms with Gasteiger partial charge in [-0.15, -0.1) is 0 Å². The zero-order valence-electron chi connectivity index (χ0n) is 19.0. The van der Waals surface area contributed by atoms with Crippen LogP contribution in [-0.4, -0.2) is 56.0 Å². The number of nitrogens with zero attached hydrogens (tertiary/aromatic N) is 1. The Morgan fingerprint density at radius 1 is 0.970 bits per heavy atom. The maximum atomic E-state index is 13.2. The summed E-state index contributed by atoms with van der Waals surface area (Å²) in [6.07, 6.45) is 4.48. The van der Waals surface area contributed by atoms with Gasteiger partial charge in [-0.2, -0.15) is 0 Å². The summed E-state index contributed by atoms with van der Waals surface area (Å²) in [5.74, 6) is -2.54. The molecule has 0 radical (unpaired) electrons. The van der Waals surface area contributed by atoms with Gasteiger partial charge < -0.3 is 20.4 Å². The number of phenols is 1. The monoisotopic (exact) mass is 453 g/mol. The molecule has 0 bridgehead atoms. The standard InChI is InChI=1S/C24H25NO6.C2H6/c26-11-15-21(28)19-14(20(22(15)29)25-7-2-1-3-8-25)10-13-9-12-5-4-6-16(27)17(12)23(30)18(13)24(19)31;1-2/h4-6,11,13-14,20,26-28,31H,1-3,7-10H2;1-2H3/b15-11+;. The minimum absolute atomic E-state index is 0.137. The fraction of sp³-hybridized carbons (Fsp3) is 0.462. The molecule has 1 aliphatic heterocycles. The first-order valence-electron chi connectivity index (χ1n) is 11.8. The summed E-state index contributed by atoms with van der Waals surface area (Å²) in [6.45, 7) is 5.47. The van der Waals surface area contributed by atoms with E-state index in [1.54, 1.807) is 12.1 Å². The van der Waals surface area contributed by atoms with Crippen LogP contribution in [0.5, 0.6) is 5.75 Å². The Kier molecular flexibility index (Phi) is 6.34. The zero-order valence-corrected chi connectivity index (χ0v) is 19.0. The van der Waals surface area contributed by atoms with E-state index in [0.717, 1.165) is 37.9 Å². The van der Waals surface area contributed by atoms with Gasteiger partial charge in [0.05, 0.1) is 23.4 Å². The third kappa shape index (κ3) is 3.55. The molecule has 176 valence electrons. The fourth-order valence-corrected chi connectivity index (χ4v) is 5.87. The van der Waals surface area contributed by atoms with E-state index in [-0.39, 0.29) is 45.5 Å². The minimum atomic E-state index is -0.603. The van der Waals surface area contributed by atoms with Crippen LogP contribution >= 0.6 is 0 Å². The number of aromatic hydroxyl groups is 1. The number of likely N-dealkylation sites (tertiary alicyclic amines) is 1. The SMILES string of the molecule is CC.O=C1C2=C(O)C3=C(O)/C(=C\O)C(=O)C(N4CCCCC4)C3CC2Cc2cccc(O)c21. The van der Waals surface area contributed by atoms with Crippen LogP contribution in [-0.2, 0) is 11.2 Å². The Bertz CT molecular complexity index is 1080. The molecule has 1 fully saturated rings. The Labute approximate surface area is 193 Å². The maximum absolute atomic E-state index is 13.2. The third-order valence-electron chi connectivity index (χ3n) is 7.23. The smallest absolute Gasteiger partial charge is 0.197 e. The van der Waals surface area contributed by atoms with Crippen LogP contribution in [0.25, 0.3) is 0 Å². The number of carbonyl (C=O) groups excluding carboxylic acids is 2. The highest BCUT2D eigenvalue weighted by Crippen LogP contribution is 2.50. The highest BCUT2D eigenvalue weighted by atomic mass is 16.3. The van der Waals surface area contributed by atoms with E-state index in [2.05, 4.69) is 4.90 Å². The molecule has 1 aromatic rings. The largest absolute Gasteiger partial charge is 0.515 e. The number of carbonyl (C=O) groups is 2. The second-order valence-electron chi connectivity index (χ2n) is 8.86. The number of benzene rings is 1. The lowest BCUT2D eigenvalue weighted by Crippen LogP contribution is -2.53. The molecule has 1 saturated heterocycles. The molecule has 3 aliphatic carbocycles. The van der Waals surface area contributed by atoms with Gasteiger partial charge in [-0.3, -0.25) is 14.5 Å². The van der Waals surface area contributed by atoms with Crippen LogP contribution < -0.4 is 0 Å². The van der Waals surface area contributed by atoms with Crippen molar-refractivity contribution in [3.63, 3.8) is 0 Å². The molecule has 7 nitrogen and oxygen atoms in total. The second kappa shape index (κ2) is 9.06. The molecule has 0 spiro atoms. The van der Waals surface area contributed by atoms with Crippen LogP contribution in [0.2, 0.25) is 0 Å². The average molecular weight is 454 g/mol. The number of hydrogen-bond acceptors (Lipinski definition) is 7. The number of rotatable bonds is 1. The molecule has 0 saturated carbocycles. The molecule has 4 aliphatic rings. The van der Waals surface area contributed by atoms with Crippen LogP contribution in [0.4, 0.5) is 0 Å². The molecule has 7 heteroatoms. The van der Waals surface area contributed by atoms with E-state index < -0.39 is 23.5 Å². The fourth-order valence-electron chi connectivity index (χ4n) is 5.87. The van der Waals surface area contributed by atoms with Crippen molar-refractivity contribution in [2.75, 3.05) is 13.1 Å². The van der Waals surface area contributed by atoms with Crippen LogP contribution in [0.15, 0.2) is 52.7 Å². The van der Waals surface area contributed by atoms with Crippen molar-refractivity contribution in [3.8, 4) is 5.75 Å². The first-order chi connectivity index (χ1) is 15.9. The van der Waals surface area contributed by atoms with Crippen molar-refractivity contribution in [1.82, 2.24) is 4.90 Å². The molecular weight excluding hydrogens is 422 g/mol. The Morgan fingerprint density at radius 3 is 2.33 bits per heavy atom. The quantitative estimate of drug-likeness (QED) is 0.370. The van der Waals surface area contributed by atoms with Crippen molar-refractivity contribution in [2.45, 2.75) is 52.0 Å². The first kappa shape index (κ1) is 23.1. The molecule has 33 heavy (non-hydrogen) atoms. The molecule has 3 atom stereocenters. The van der Waals surface area contributed by atoms with E-state index >= 15 is 0 Å². The summed E-state index contributed by atoms with van der Waals surface area (Å²) in [6, 6.07) is 4.32. The number of phenolic OH excluding ortho intramolecular Hbond substituents is 1. The summed E-state index contributed by atoms with van der Waals surface area (Å²) < 4.78 is 0. The number of allylic oxidation sites excluding steroid dienone is 3. The van der Waals surface area contributed by atoms with E-state index in [0.29, 0.717) is 19.1 Å². The van der Waals surface area contributed by atoms with Crippen LogP contribution in [0.3, 0.4) is 0 Å². The highest BCUT2D eigenvalue weighted by Gasteiger charge is 2.51. The van der Waals surface area contributed by atoms with Gasteiger partial charge in [0, 0.05) is 17.1 Å². The van der Waals surface area contributed by atoms with Crippen molar-refractivity contribution in [3.05, 3.63) is 63.8 Å². The summed E-state index contributed by atoms with van der Waals surface area (Å²) in [4.78, 5) is 28.6. The van der Waals surface area contributed by atoms with Gasteiger partial charge in [-0.1, -0.05) is 32.4 Å². The topological polar surface area (TPSA) is 118 Å². The summed E-state index contributed by atoms with van der Waals surface area (Å²) >= 11 is 0. The lowest BCUT2D eigenvalue weighted by Gasteiger charge is -2.46. The Hall–Kier alpha value is -3.06. The zero-order chi connectivity index (χ0) is 23.9. The van der Waals surface area contributed by atoms with Gasteiger partial charge in [0.1, 0.15) is 17.3 Å². The Balaban J connectivity index is 0.00000126. The van der Waals surface area contributed by atoms with Crippen molar-refractivity contribution in [2.24, 2.45) is 11.8 Å². The van der Waals surface area contributed by atoms with E-state index in [1.807, 2.05) is 13.8 Å². The van der Waals surface area contributed by atoms with E-state index in [4.69, 9.17) is 0 Å². The van der Waals surface area contributed by atoms with Gasteiger partial charge in [-0.25, -0.2) is 0 Å². The number of ketones is 2. The highest BCUT2D eigenvalue weighted by molar-refractivity contribution is 6.14. The van der Waals surface area contributed by atoms with Gasteiger partial charge in [0.25, 0.3) is 0 Å². The Morgan fingerprint density at radius 2 is 1.67 bits per heavy atom. The van der Waals surface area contributed by atoms with E-state index in [1.165, 1.54) is 6.07 Å². The number of piperidine rings is 1. The van der Waals surface area contributed by atoms with Crippen molar-refractivity contribution >= 4 is 11.6 Å². The number of Topliss-reactive ketones (excluding diaryl/α,β-unsaturated/α-hetero) is 2. The molecule has 1 heterocycles. The first-order valence-corrected chi connectivity index (χ1v) is 11.8. The maximum Gasteiger partial charge on any atom is 0.197 e. The molecule has 0 amide bonds. The summed E-state index contributed by atoms with van der Waals surface area (Å²) in [5, 5.41) is 41.9. The molecule has 3 unspecified atom stereocenters. The van der Waals surface area contributed by atoms with Crippen molar-refractivity contribution < 1.29 is 30.0 Å². The minimum Gasteiger partial charge on any atom is -0.515 e.